The highest BCUT2D eigenvalue weighted by Crippen LogP contribution is 2.30. The lowest BCUT2D eigenvalue weighted by atomic mass is 10.1. The van der Waals surface area contributed by atoms with E-state index >= 15 is 0 Å². The van der Waals surface area contributed by atoms with Crippen LogP contribution in [0.2, 0.25) is 0 Å². The lowest BCUT2D eigenvalue weighted by molar-refractivity contribution is 0.130. The first-order valence-electron chi connectivity index (χ1n) is 10.8. The third-order valence-corrected chi connectivity index (χ3v) is 5.66. The van der Waals surface area contributed by atoms with Gasteiger partial charge in [-0.1, -0.05) is 35.0 Å². The van der Waals surface area contributed by atoms with Gasteiger partial charge in [-0.25, -0.2) is 4.39 Å². The van der Waals surface area contributed by atoms with Crippen LogP contribution in [0.25, 0.3) is 16.9 Å². The summed E-state index contributed by atoms with van der Waals surface area (Å²) in [5.41, 5.74) is 7.92. The molecule has 33 heavy (non-hydrogen) atoms. The van der Waals surface area contributed by atoms with E-state index in [0.717, 1.165) is 45.2 Å². The Morgan fingerprint density at radius 1 is 0.909 bits per heavy atom. The zero-order valence-corrected chi connectivity index (χ0v) is 19.3. The minimum Gasteiger partial charge on any atom is -0.497 e. The molecule has 0 aliphatic rings. The molecular weight excluding hydrogens is 415 g/mol. The van der Waals surface area contributed by atoms with Crippen LogP contribution in [-0.2, 0) is 11.4 Å². The van der Waals surface area contributed by atoms with E-state index in [1.54, 1.807) is 19.2 Å². The highest BCUT2D eigenvalue weighted by molar-refractivity contribution is 6.01. The number of rotatable bonds is 7. The highest BCUT2D eigenvalue weighted by atomic mass is 19.1. The van der Waals surface area contributed by atoms with Gasteiger partial charge in [-0.3, -0.25) is 0 Å². The number of ether oxygens (including phenoxy) is 1. The molecule has 0 saturated heterocycles. The molecule has 4 nitrogen and oxygen atoms in total. The Bertz CT molecular complexity index is 1260. The van der Waals surface area contributed by atoms with Crippen molar-refractivity contribution in [3.05, 3.63) is 107 Å². The molecule has 0 atom stereocenters. The van der Waals surface area contributed by atoms with Crippen LogP contribution in [0, 0.1) is 19.7 Å². The van der Waals surface area contributed by atoms with E-state index < -0.39 is 0 Å². The highest BCUT2D eigenvalue weighted by Gasteiger charge is 2.17. The van der Waals surface area contributed by atoms with Crippen LogP contribution in [0.5, 0.6) is 5.75 Å². The molecule has 3 aromatic carbocycles. The number of methoxy groups -OCH3 is 1. The van der Waals surface area contributed by atoms with Crippen molar-refractivity contribution in [2.75, 3.05) is 7.11 Å². The third kappa shape index (κ3) is 4.98. The lowest BCUT2D eigenvalue weighted by Gasteiger charge is -2.13. The molecule has 0 radical (unpaired) electrons. The average Bonchev–Trinajstić information content (AvgIpc) is 3.17. The van der Waals surface area contributed by atoms with Crippen LogP contribution in [0.3, 0.4) is 0 Å². The number of nitrogens with zero attached hydrogens (tertiary/aromatic N) is 2. The largest absolute Gasteiger partial charge is 0.497 e. The molecular formula is C28H27FN2O2. The van der Waals surface area contributed by atoms with E-state index in [-0.39, 0.29) is 5.82 Å². The minimum atomic E-state index is -0.256. The Morgan fingerprint density at radius 2 is 1.58 bits per heavy atom. The summed E-state index contributed by atoms with van der Waals surface area (Å²) in [7, 11) is 1.64. The van der Waals surface area contributed by atoms with Crippen LogP contribution in [-0.4, -0.2) is 17.4 Å². The Labute approximate surface area is 193 Å². The topological polar surface area (TPSA) is 35.8 Å². The molecule has 0 bridgehead atoms. The van der Waals surface area contributed by atoms with Gasteiger partial charge in [-0.05, 0) is 86.5 Å². The average molecular weight is 443 g/mol. The fourth-order valence-corrected chi connectivity index (χ4v) is 3.81. The fraction of sp³-hybridized carbons (Fsp3) is 0.179. The minimum absolute atomic E-state index is 0.256. The maximum atomic E-state index is 13.6. The van der Waals surface area contributed by atoms with Gasteiger partial charge in [0.15, 0.2) is 0 Å². The van der Waals surface area contributed by atoms with Gasteiger partial charge >= 0.3 is 0 Å². The monoisotopic (exact) mass is 442 g/mol. The van der Waals surface area contributed by atoms with Crippen LogP contribution >= 0.6 is 0 Å². The van der Waals surface area contributed by atoms with E-state index in [2.05, 4.69) is 53.9 Å². The van der Waals surface area contributed by atoms with Crippen LogP contribution in [0.1, 0.15) is 29.3 Å². The van der Waals surface area contributed by atoms with Gasteiger partial charge in [-0.15, -0.1) is 0 Å². The summed E-state index contributed by atoms with van der Waals surface area (Å²) >= 11 is 0. The predicted molar refractivity (Wildman–Crippen MR) is 131 cm³/mol. The SMILES string of the molecule is COc1ccc(CON=C(C)c2cc(-c3ccc(F)cc3)n(-c3ccc(C)cc3)c2C)cc1. The van der Waals surface area contributed by atoms with E-state index in [9.17, 15) is 4.39 Å². The third-order valence-electron chi connectivity index (χ3n) is 5.66. The van der Waals surface area contributed by atoms with Crippen molar-refractivity contribution >= 4 is 5.71 Å². The number of halogens is 1. The van der Waals surface area contributed by atoms with Gasteiger partial charge in [0.1, 0.15) is 18.2 Å². The predicted octanol–water partition coefficient (Wildman–Crippen LogP) is 6.85. The molecule has 0 fully saturated rings. The number of hydrogen-bond acceptors (Lipinski definition) is 3. The van der Waals surface area contributed by atoms with Crippen molar-refractivity contribution < 1.29 is 14.0 Å². The Kier molecular flexibility index (Phi) is 6.59. The molecule has 0 saturated carbocycles. The number of aromatic nitrogens is 1. The first-order chi connectivity index (χ1) is 16.0. The van der Waals surface area contributed by atoms with Crippen LogP contribution < -0.4 is 4.74 Å². The maximum Gasteiger partial charge on any atom is 0.142 e. The Morgan fingerprint density at radius 3 is 2.21 bits per heavy atom. The van der Waals surface area contributed by atoms with Gasteiger partial charge in [-0.2, -0.15) is 0 Å². The summed E-state index contributed by atoms with van der Waals surface area (Å²) < 4.78 is 20.9. The van der Waals surface area contributed by atoms with Crippen LogP contribution in [0.15, 0.2) is 84.0 Å². The summed E-state index contributed by atoms with van der Waals surface area (Å²) in [6.45, 7) is 6.43. The molecule has 4 rings (SSSR count). The van der Waals surface area contributed by atoms with Crippen molar-refractivity contribution in [1.29, 1.82) is 0 Å². The zero-order chi connectivity index (χ0) is 23.4. The van der Waals surface area contributed by atoms with E-state index in [1.807, 2.05) is 31.2 Å². The Hall–Kier alpha value is -3.86. The molecule has 0 amide bonds. The molecule has 0 aliphatic carbocycles. The summed E-state index contributed by atoms with van der Waals surface area (Å²) in [5.74, 6) is 0.550. The van der Waals surface area contributed by atoms with E-state index in [4.69, 9.17) is 9.57 Å². The summed E-state index contributed by atoms with van der Waals surface area (Å²) in [4.78, 5) is 5.64. The molecule has 4 aromatic rings. The van der Waals surface area contributed by atoms with Crippen molar-refractivity contribution in [3.63, 3.8) is 0 Å². The quantitative estimate of drug-likeness (QED) is 0.232. The van der Waals surface area contributed by atoms with Crippen LogP contribution in [0.4, 0.5) is 4.39 Å². The van der Waals surface area contributed by atoms with Gasteiger partial charge < -0.3 is 14.1 Å². The molecule has 0 N–H and O–H groups in total. The molecule has 1 heterocycles. The molecule has 1 aromatic heterocycles. The maximum absolute atomic E-state index is 13.6. The van der Waals surface area contributed by atoms with Gasteiger partial charge in [0.05, 0.1) is 18.5 Å². The first-order valence-corrected chi connectivity index (χ1v) is 10.8. The lowest BCUT2D eigenvalue weighted by Crippen LogP contribution is -2.02. The van der Waals surface area contributed by atoms with Crippen molar-refractivity contribution in [1.82, 2.24) is 4.57 Å². The number of aryl methyl sites for hydroxylation is 1. The molecule has 0 unspecified atom stereocenters. The Balaban J connectivity index is 1.67. The van der Waals surface area contributed by atoms with Gasteiger partial charge in [0, 0.05) is 16.9 Å². The standard InChI is InChI=1S/C28H27FN2O2/c1-19-5-13-25(14-6-19)31-21(3)27(17-28(31)23-9-11-24(29)12-10-23)20(2)30-33-18-22-7-15-26(32-4)16-8-22/h5-17H,18H2,1-4H3. The second-order valence-electron chi connectivity index (χ2n) is 8.00. The van der Waals surface area contributed by atoms with Gasteiger partial charge in [0.25, 0.3) is 0 Å². The molecule has 168 valence electrons. The number of hydrogen-bond donors (Lipinski definition) is 0. The van der Waals surface area contributed by atoms with Crippen molar-refractivity contribution in [3.8, 4) is 22.7 Å². The smallest absolute Gasteiger partial charge is 0.142 e. The van der Waals surface area contributed by atoms with E-state index in [0.29, 0.717) is 6.61 Å². The fourth-order valence-electron chi connectivity index (χ4n) is 3.81. The van der Waals surface area contributed by atoms with Gasteiger partial charge in [0.2, 0.25) is 0 Å². The van der Waals surface area contributed by atoms with Crippen molar-refractivity contribution in [2.24, 2.45) is 5.16 Å². The molecule has 0 spiro atoms. The molecule has 5 heteroatoms. The second kappa shape index (κ2) is 9.74. The zero-order valence-electron chi connectivity index (χ0n) is 19.3. The number of benzene rings is 3. The summed E-state index contributed by atoms with van der Waals surface area (Å²) in [6, 6.07) is 24.7. The van der Waals surface area contributed by atoms with E-state index in [1.165, 1.54) is 17.7 Å². The molecule has 0 aliphatic heterocycles. The normalized spacial score (nSPS) is 11.5. The second-order valence-corrected chi connectivity index (χ2v) is 8.00. The first kappa shape index (κ1) is 22.3. The van der Waals surface area contributed by atoms with Crippen molar-refractivity contribution in [2.45, 2.75) is 27.4 Å². The summed E-state index contributed by atoms with van der Waals surface area (Å²) in [6.07, 6.45) is 0. The number of oxime groups is 1. The summed E-state index contributed by atoms with van der Waals surface area (Å²) in [5, 5.41) is 4.38.